The molecule has 3 rings (SSSR count). The molecule has 1 heterocycles. The Balaban J connectivity index is 1.92. The lowest BCUT2D eigenvalue weighted by Crippen LogP contribution is -2.16. The molecule has 2 aromatic rings. The Kier molecular flexibility index (Phi) is 6.57. The Bertz CT molecular complexity index is 874. The van der Waals surface area contributed by atoms with Gasteiger partial charge >= 0.3 is 5.97 Å². The third-order valence-electron chi connectivity index (χ3n) is 4.69. The van der Waals surface area contributed by atoms with Crippen LogP contribution in [0.4, 0.5) is 5.00 Å². The van der Waals surface area contributed by atoms with E-state index in [2.05, 4.69) is 5.32 Å². The number of ether oxygens (including phenoxy) is 3. The van der Waals surface area contributed by atoms with Crippen molar-refractivity contribution < 1.29 is 23.8 Å². The smallest absolute Gasteiger partial charge is 0.341 e. The van der Waals surface area contributed by atoms with E-state index in [1.807, 2.05) is 6.92 Å². The average molecular weight is 404 g/mol. The van der Waals surface area contributed by atoms with E-state index < -0.39 is 0 Å². The first kappa shape index (κ1) is 20.2. The number of anilines is 1. The number of carbonyl (C=O) groups excluding carboxylic acids is 2. The molecule has 28 heavy (non-hydrogen) atoms. The molecule has 0 bridgehead atoms. The first-order valence-electron chi connectivity index (χ1n) is 9.44. The molecule has 0 unspecified atom stereocenters. The summed E-state index contributed by atoms with van der Waals surface area (Å²) in [5, 5.41) is 3.46. The highest BCUT2D eigenvalue weighted by Crippen LogP contribution is 2.39. The number of esters is 1. The highest BCUT2D eigenvalue weighted by molar-refractivity contribution is 7.17. The largest absolute Gasteiger partial charge is 0.497 e. The van der Waals surface area contributed by atoms with Gasteiger partial charge in [-0.25, -0.2) is 4.79 Å². The zero-order valence-corrected chi connectivity index (χ0v) is 17.2. The van der Waals surface area contributed by atoms with Crippen LogP contribution in [0.2, 0.25) is 0 Å². The number of nitrogens with one attached hydrogen (secondary N) is 1. The van der Waals surface area contributed by atoms with Crippen molar-refractivity contribution in [3.05, 3.63) is 39.8 Å². The van der Waals surface area contributed by atoms with Crippen LogP contribution in [0.5, 0.6) is 11.5 Å². The first-order valence-corrected chi connectivity index (χ1v) is 10.3. The van der Waals surface area contributed by atoms with Crippen LogP contribution in [0.3, 0.4) is 0 Å². The quantitative estimate of drug-likeness (QED) is 0.691. The van der Waals surface area contributed by atoms with Gasteiger partial charge in [0.25, 0.3) is 5.91 Å². The van der Waals surface area contributed by atoms with E-state index in [0.717, 1.165) is 42.5 Å². The molecule has 7 heteroatoms. The lowest BCUT2D eigenvalue weighted by atomic mass is 9.95. The van der Waals surface area contributed by atoms with Crippen LogP contribution in [0, 0.1) is 0 Å². The molecule has 0 spiro atoms. The van der Waals surface area contributed by atoms with Gasteiger partial charge in [0.2, 0.25) is 0 Å². The maximum absolute atomic E-state index is 12.9. The Labute approximate surface area is 168 Å². The third kappa shape index (κ3) is 4.14. The van der Waals surface area contributed by atoms with Crippen molar-refractivity contribution in [1.29, 1.82) is 0 Å². The van der Waals surface area contributed by atoms with Gasteiger partial charge in [-0.2, -0.15) is 0 Å². The number of amides is 1. The predicted molar refractivity (Wildman–Crippen MR) is 109 cm³/mol. The van der Waals surface area contributed by atoms with Crippen molar-refractivity contribution in [3.63, 3.8) is 0 Å². The van der Waals surface area contributed by atoms with E-state index in [-0.39, 0.29) is 11.9 Å². The number of aryl methyl sites for hydroxylation is 1. The van der Waals surface area contributed by atoms with Crippen molar-refractivity contribution in [1.82, 2.24) is 0 Å². The molecule has 1 N–H and O–H groups in total. The van der Waals surface area contributed by atoms with Crippen LogP contribution in [-0.4, -0.2) is 32.7 Å². The minimum absolute atomic E-state index is 0.331. The first-order chi connectivity index (χ1) is 13.6. The van der Waals surface area contributed by atoms with Gasteiger partial charge in [0.05, 0.1) is 32.0 Å². The standard InChI is InChI=1S/C21H25NO5S/c1-4-11-27-21(24)18-15-7-5-6-8-17(15)28-20(18)22-19(23)14-10-9-13(25-2)12-16(14)26-3/h9-10,12H,4-8,11H2,1-3H3,(H,22,23). The minimum Gasteiger partial charge on any atom is -0.497 e. The van der Waals surface area contributed by atoms with Crippen molar-refractivity contribution in [2.45, 2.75) is 39.0 Å². The van der Waals surface area contributed by atoms with Gasteiger partial charge < -0.3 is 19.5 Å². The Morgan fingerprint density at radius 2 is 1.93 bits per heavy atom. The molecule has 1 aliphatic carbocycles. The normalized spacial score (nSPS) is 12.8. The van der Waals surface area contributed by atoms with E-state index in [9.17, 15) is 9.59 Å². The topological polar surface area (TPSA) is 73.9 Å². The molecule has 0 fully saturated rings. The van der Waals surface area contributed by atoms with Crippen LogP contribution >= 0.6 is 11.3 Å². The fourth-order valence-corrected chi connectivity index (χ4v) is 4.57. The number of carbonyl (C=O) groups is 2. The predicted octanol–water partition coefficient (Wildman–Crippen LogP) is 4.46. The van der Waals surface area contributed by atoms with Gasteiger partial charge in [0, 0.05) is 10.9 Å². The number of benzene rings is 1. The van der Waals surface area contributed by atoms with E-state index in [1.165, 1.54) is 18.4 Å². The van der Waals surface area contributed by atoms with Crippen LogP contribution in [-0.2, 0) is 17.6 Å². The SMILES string of the molecule is CCCOC(=O)c1c(NC(=O)c2ccc(OC)cc2OC)sc2c1CCCC2. The maximum Gasteiger partial charge on any atom is 0.341 e. The van der Waals surface area contributed by atoms with E-state index in [0.29, 0.717) is 34.2 Å². The van der Waals surface area contributed by atoms with E-state index >= 15 is 0 Å². The number of hydrogen-bond acceptors (Lipinski definition) is 6. The summed E-state index contributed by atoms with van der Waals surface area (Å²) in [6, 6.07) is 5.01. The molecule has 0 saturated carbocycles. The van der Waals surface area contributed by atoms with Crippen LogP contribution < -0.4 is 14.8 Å². The van der Waals surface area contributed by atoms with Gasteiger partial charge in [-0.15, -0.1) is 11.3 Å². The molecular weight excluding hydrogens is 378 g/mol. The lowest BCUT2D eigenvalue weighted by Gasteiger charge is -2.13. The monoisotopic (exact) mass is 403 g/mol. The van der Waals surface area contributed by atoms with Gasteiger partial charge in [-0.1, -0.05) is 6.92 Å². The zero-order valence-electron chi connectivity index (χ0n) is 16.4. The summed E-state index contributed by atoms with van der Waals surface area (Å²) < 4.78 is 15.9. The van der Waals surface area contributed by atoms with Gasteiger partial charge in [0.15, 0.2) is 0 Å². The summed E-state index contributed by atoms with van der Waals surface area (Å²) in [5.74, 6) is 0.318. The lowest BCUT2D eigenvalue weighted by molar-refractivity contribution is 0.0505. The Hall–Kier alpha value is -2.54. The second kappa shape index (κ2) is 9.10. The van der Waals surface area contributed by atoms with E-state index in [4.69, 9.17) is 14.2 Å². The molecule has 0 radical (unpaired) electrons. The highest BCUT2D eigenvalue weighted by Gasteiger charge is 2.28. The summed E-state index contributed by atoms with van der Waals surface area (Å²) in [4.78, 5) is 26.8. The van der Waals surface area contributed by atoms with Crippen LogP contribution in [0.15, 0.2) is 18.2 Å². The van der Waals surface area contributed by atoms with Crippen molar-refractivity contribution in [3.8, 4) is 11.5 Å². The van der Waals surface area contributed by atoms with Crippen molar-refractivity contribution in [2.75, 3.05) is 26.1 Å². The highest BCUT2D eigenvalue weighted by atomic mass is 32.1. The number of methoxy groups -OCH3 is 2. The summed E-state index contributed by atoms with van der Waals surface area (Å²) >= 11 is 1.47. The summed E-state index contributed by atoms with van der Waals surface area (Å²) in [5.41, 5.74) is 1.91. The molecule has 0 saturated heterocycles. The second-order valence-electron chi connectivity index (χ2n) is 6.57. The van der Waals surface area contributed by atoms with Crippen molar-refractivity contribution >= 4 is 28.2 Å². The molecule has 1 amide bonds. The van der Waals surface area contributed by atoms with Gasteiger partial charge in [-0.05, 0) is 49.8 Å². The molecule has 0 atom stereocenters. The van der Waals surface area contributed by atoms with Crippen molar-refractivity contribution in [2.24, 2.45) is 0 Å². The van der Waals surface area contributed by atoms with Gasteiger partial charge in [-0.3, -0.25) is 4.79 Å². The Morgan fingerprint density at radius 1 is 1.14 bits per heavy atom. The van der Waals surface area contributed by atoms with Gasteiger partial charge in [0.1, 0.15) is 16.5 Å². The third-order valence-corrected chi connectivity index (χ3v) is 5.90. The fraction of sp³-hybridized carbons (Fsp3) is 0.429. The summed E-state index contributed by atoms with van der Waals surface area (Å²) in [7, 11) is 3.06. The van der Waals surface area contributed by atoms with Crippen LogP contribution in [0.25, 0.3) is 0 Å². The van der Waals surface area contributed by atoms with E-state index in [1.54, 1.807) is 25.3 Å². The molecular formula is C21H25NO5S. The number of rotatable bonds is 7. The summed E-state index contributed by atoms with van der Waals surface area (Å²) in [6.45, 7) is 2.32. The van der Waals surface area contributed by atoms with Crippen LogP contribution in [0.1, 0.15) is 57.3 Å². The molecule has 1 aliphatic rings. The maximum atomic E-state index is 12.9. The molecule has 0 aliphatic heterocycles. The fourth-order valence-electron chi connectivity index (χ4n) is 3.29. The summed E-state index contributed by atoms with van der Waals surface area (Å²) in [6.07, 6.45) is 4.65. The minimum atomic E-state index is -0.363. The molecule has 1 aromatic heterocycles. The number of hydrogen-bond donors (Lipinski definition) is 1. The number of fused-ring (bicyclic) bond motifs is 1. The molecule has 150 valence electrons. The number of thiophene rings is 1. The molecule has 6 nitrogen and oxygen atoms in total. The second-order valence-corrected chi connectivity index (χ2v) is 7.68. The zero-order chi connectivity index (χ0) is 20.1. The Morgan fingerprint density at radius 3 is 2.64 bits per heavy atom. The average Bonchev–Trinajstić information content (AvgIpc) is 3.09. The molecule has 1 aromatic carbocycles.